The Kier molecular flexibility index (Phi) is 4.73. The van der Waals surface area contributed by atoms with E-state index in [-0.39, 0.29) is 5.69 Å². The molecular weight excluding hydrogens is 289 g/mol. The van der Waals surface area contributed by atoms with Gasteiger partial charge < -0.3 is 10.2 Å². The van der Waals surface area contributed by atoms with E-state index in [1.807, 2.05) is 0 Å². The molecule has 0 spiro atoms. The van der Waals surface area contributed by atoms with E-state index in [9.17, 15) is 18.0 Å². The number of carboxylic acids is 1. The second-order valence-corrected chi connectivity index (χ2v) is 3.80. The fourth-order valence-electron chi connectivity index (χ4n) is 1.03. The van der Waals surface area contributed by atoms with Gasteiger partial charge in [-0.05, 0) is 24.3 Å². The minimum Gasteiger partial charge on any atom is -0.477 e. The second-order valence-electron chi connectivity index (χ2n) is 3.37. The Morgan fingerprint density at radius 3 is 2.26 bits per heavy atom. The number of benzene rings is 1. The monoisotopic (exact) mass is 296 g/mol. The van der Waals surface area contributed by atoms with Crippen LogP contribution in [-0.4, -0.2) is 34.2 Å². The van der Waals surface area contributed by atoms with E-state index >= 15 is 0 Å². The van der Waals surface area contributed by atoms with Crippen molar-refractivity contribution < 1.29 is 28.2 Å². The van der Waals surface area contributed by atoms with Crippen LogP contribution < -0.4 is 5.43 Å². The van der Waals surface area contributed by atoms with Crippen molar-refractivity contribution in [3.05, 3.63) is 29.3 Å². The number of alkyl halides is 3. The van der Waals surface area contributed by atoms with Crippen molar-refractivity contribution in [2.75, 3.05) is 5.43 Å². The molecule has 0 saturated carbocycles. The summed E-state index contributed by atoms with van der Waals surface area (Å²) in [7, 11) is 0. The van der Waals surface area contributed by atoms with Gasteiger partial charge in [-0.2, -0.15) is 18.3 Å². The number of aliphatic hydroxyl groups is 1. The summed E-state index contributed by atoms with van der Waals surface area (Å²) in [5, 5.41) is 20.9. The van der Waals surface area contributed by atoms with Gasteiger partial charge in [0, 0.05) is 5.02 Å². The predicted octanol–water partition coefficient (Wildman–Crippen LogP) is 2.12. The van der Waals surface area contributed by atoms with Gasteiger partial charge in [0.05, 0.1) is 5.69 Å². The Labute approximate surface area is 110 Å². The third kappa shape index (κ3) is 4.42. The molecule has 0 aromatic heterocycles. The van der Waals surface area contributed by atoms with Gasteiger partial charge in [0.25, 0.3) is 0 Å². The molecule has 3 N–H and O–H groups in total. The fourth-order valence-corrected chi connectivity index (χ4v) is 1.16. The number of nitrogens with one attached hydrogen (secondary N) is 1. The number of rotatable bonds is 4. The summed E-state index contributed by atoms with van der Waals surface area (Å²) in [4.78, 5) is 10.6. The van der Waals surface area contributed by atoms with Crippen LogP contribution in [-0.2, 0) is 4.79 Å². The first-order valence-corrected chi connectivity index (χ1v) is 5.17. The number of carbonyl (C=O) groups is 1. The Balaban J connectivity index is 2.91. The molecule has 0 fully saturated rings. The number of hydrazone groups is 1. The minimum atomic E-state index is -5.11. The zero-order chi connectivity index (χ0) is 14.6. The molecule has 1 rings (SSSR count). The molecule has 1 aromatic carbocycles. The third-order valence-corrected chi connectivity index (χ3v) is 2.19. The smallest absolute Gasteiger partial charge is 0.420 e. The van der Waals surface area contributed by atoms with Crippen LogP contribution >= 0.6 is 11.6 Å². The SMILES string of the molecule is O=C(O)/C(=N/Nc1ccc(Cl)cc1)C(O)C(F)(F)F. The van der Waals surface area contributed by atoms with E-state index in [1.54, 1.807) is 0 Å². The quantitative estimate of drug-likeness (QED) is 0.587. The molecular formula is C10H8ClF3N2O3. The lowest BCUT2D eigenvalue weighted by atomic mass is 10.2. The van der Waals surface area contributed by atoms with E-state index in [0.29, 0.717) is 5.02 Å². The topological polar surface area (TPSA) is 81.9 Å². The molecule has 0 aliphatic carbocycles. The number of hydrogen-bond acceptors (Lipinski definition) is 4. The van der Waals surface area contributed by atoms with Gasteiger partial charge in [-0.25, -0.2) is 4.79 Å². The molecule has 0 saturated heterocycles. The number of hydrogen-bond donors (Lipinski definition) is 3. The molecule has 19 heavy (non-hydrogen) atoms. The molecule has 0 aliphatic heterocycles. The average Bonchev–Trinajstić information content (AvgIpc) is 2.30. The highest BCUT2D eigenvalue weighted by atomic mass is 35.5. The molecule has 1 atom stereocenters. The highest BCUT2D eigenvalue weighted by Gasteiger charge is 2.44. The zero-order valence-electron chi connectivity index (χ0n) is 9.15. The van der Waals surface area contributed by atoms with E-state index in [4.69, 9.17) is 21.8 Å². The fraction of sp³-hybridized carbons (Fsp3) is 0.200. The molecule has 0 radical (unpaired) electrons. The van der Waals surface area contributed by atoms with Crippen molar-refractivity contribution in [2.45, 2.75) is 12.3 Å². The summed E-state index contributed by atoms with van der Waals surface area (Å²) in [6.45, 7) is 0. The van der Waals surface area contributed by atoms with Gasteiger partial charge >= 0.3 is 12.1 Å². The van der Waals surface area contributed by atoms with Crippen LogP contribution in [0.15, 0.2) is 29.4 Å². The van der Waals surface area contributed by atoms with Crippen LogP contribution in [0.1, 0.15) is 0 Å². The Hall–Kier alpha value is -1.80. The average molecular weight is 297 g/mol. The predicted molar refractivity (Wildman–Crippen MR) is 62.2 cm³/mol. The lowest BCUT2D eigenvalue weighted by Gasteiger charge is -2.14. The molecule has 0 bridgehead atoms. The van der Waals surface area contributed by atoms with E-state index in [2.05, 4.69) is 10.5 Å². The van der Waals surface area contributed by atoms with Crippen molar-refractivity contribution in [1.82, 2.24) is 0 Å². The lowest BCUT2D eigenvalue weighted by molar-refractivity contribution is -0.183. The second kappa shape index (κ2) is 5.89. The van der Waals surface area contributed by atoms with Crippen molar-refractivity contribution in [2.24, 2.45) is 5.10 Å². The summed E-state index contributed by atoms with van der Waals surface area (Å²) in [6, 6.07) is 5.62. The Bertz CT molecular complexity index is 488. The maximum Gasteiger partial charge on any atom is 0.420 e. The number of aliphatic hydroxyl groups excluding tert-OH is 1. The Morgan fingerprint density at radius 1 is 1.32 bits per heavy atom. The van der Waals surface area contributed by atoms with Crippen LogP contribution in [0.4, 0.5) is 18.9 Å². The molecule has 9 heteroatoms. The van der Waals surface area contributed by atoms with Gasteiger partial charge in [0.2, 0.25) is 6.10 Å². The van der Waals surface area contributed by atoms with Crippen LogP contribution in [0.5, 0.6) is 0 Å². The summed E-state index contributed by atoms with van der Waals surface area (Å²) in [6.07, 6.45) is -8.29. The summed E-state index contributed by atoms with van der Waals surface area (Å²) in [5.41, 5.74) is 0.859. The van der Waals surface area contributed by atoms with Crippen molar-refractivity contribution >= 4 is 29.0 Å². The van der Waals surface area contributed by atoms with E-state index in [1.165, 1.54) is 24.3 Å². The number of halogens is 4. The van der Waals surface area contributed by atoms with Gasteiger partial charge in [-0.3, -0.25) is 5.43 Å². The first-order valence-electron chi connectivity index (χ1n) is 4.79. The largest absolute Gasteiger partial charge is 0.477 e. The first-order chi connectivity index (χ1) is 8.71. The highest BCUT2D eigenvalue weighted by molar-refractivity contribution is 6.37. The van der Waals surface area contributed by atoms with Crippen molar-refractivity contribution in [3.63, 3.8) is 0 Å². The van der Waals surface area contributed by atoms with Gasteiger partial charge in [-0.15, -0.1) is 0 Å². The Morgan fingerprint density at radius 2 is 1.84 bits per heavy atom. The molecule has 0 heterocycles. The van der Waals surface area contributed by atoms with Crippen LogP contribution in [0.2, 0.25) is 5.02 Å². The van der Waals surface area contributed by atoms with Gasteiger partial charge in [-0.1, -0.05) is 11.6 Å². The maximum atomic E-state index is 12.2. The maximum absolute atomic E-state index is 12.2. The normalized spacial score (nSPS) is 14.1. The molecule has 1 unspecified atom stereocenters. The first kappa shape index (κ1) is 15.3. The third-order valence-electron chi connectivity index (χ3n) is 1.94. The molecule has 104 valence electrons. The van der Waals surface area contributed by atoms with E-state index < -0.39 is 24.0 Å². The highest BCUT2D eigenvalue weighted by Crippen LogP contribution is 2.21. The van der Waals surface area contributed by atoms with Crippen molar-refractivity contribution in [1.29, 1.82) is 0 Å². The summed E-state index contributed by atoms with van der Waals surface area (Å²) < 4.78 is 36.6. The van der Waals surface area contributed by atoms with E-state index in [0.717, 1.165) is 0 Å². The number of aliphatic carboxylic acids is 1. The molecule has 0 amide bonds. The van der Waals surface area contributed by atoms with Crippen LogP contribution in [0, 0.1) is 0 Å². The molecule has 5 nitrogen and oxygen atoms in total. The standard InChI is InChI=1S/C10H8ClF3N2O3/c11-5-1-3-6(4-2-5)15-16-7(9(18)19)8(17)10(12,13)14/h1-4,8,15,17H,(H,18,19)/b16-7+. The zero-order valence-corrected chi connectivity index (χ0v) is 9.90. The minimum absolute atomic E-state index is 0.220. The summed E-state index contributed by atoms with van der Waals surface area (Å²) >= 11 is 5.59. The van der Waals surface area contributed by atoms with Crippen LogP contribution in [0.25, 0.3) is 0 Å². The molecule has 0 aliphatic rings. The summed E-state index contributed by atoms with van der Waals surface area (Å²) in [5.74, 6) is -1.98. The molecule has 1 aromatic rings. The van der Waals surface area contributed by atoms with Gasteiger partial charge in [0.15, 0.2) is 5.71 Å². The van der Waals surface area contributed by atoms with Crippen LogP contribution in [0.3, 0.4) is 0 Å². The number of carboxylic acid groups (broad SMARTS) is 1. The lowest BCUT2D eigenvalue weighted by Crippen LogP contribution is -2.41. The number of anilines is 1. The number of nitrogens with zero attached hydrogens (tertiary/aromatic N) is 1. The van der Waals surface area contributed by atoms with Crippen molar-refractivity contribution in [3.8, 4) is 0 Å². The van der Waals surface area contributed by atoms with Gasteiger partial charge in [0.1, 0.15) is 0 Å².